The van der Waals surface area contributed by atoms with Crippen LogP contribution in [0.4, 0.5) is 0 Å². The molecule has 0 radical (unpaired) electrons. The SMILES string of the molecule is Cc1ocnc1C(=O)N[C@@H]1COC[C@H]1CS(=O)(=O)N(C)C. The fourth-order valence-corrected chi connectivity index (χ4v) is 3.27. The molecular weight excluding hydrogens is 298 g/mol. The highest BCUT2D eigenvalue weighted by Gasteiger charge is 2.34. The van der Waals surface area contributed by atoms with Crippen molar-refractivity contribution in [2.45, 2.75) is 13.0 Å². The number of nitrogens with one attached hydrogen (secondary N) is 1. The highest BCUT2D eigenvalue weighted by molar-refractivity contribution is 7.89. The van der Waals surface area contributed by atoms with Crippen molar-refractivity contribution in [3.05, 3.63) is 17.8 Å². The number of amides is 1. The summed E-state index contributed by atoms with van der Waals surface area (Å²) in [6.45, 7) is 2.23. The zero-order valence-electron chi connectivity index (χ0n) is 12.2. The number of rotatable bonds is 5. The monoisotopic (exact) mass is 317 g/mol. The van der Waals surface area contributed by atoms with Gasteiger partial charge in [-0.15, -0.1) is 0 Å². The second-order valence-electron chi connectivity index (χ2n) is 5.20. The number of aromatic nitrogens is 1. The van der Waals surface area contributed by atoms with E-state index in [0.29, 0.717) is 12.4 Å². The van der Waals surface area contributed by atoms with E-state index in [1.165, 1.54) is 24.8 Å². The molecule has 2 rings (SSSR count). The van der Waals surface area contributed by atoms with Gasteiger partial charge in [0.25, 0.3) is 5.91 Å². The van der Waals surface area contributed by atoms with E-state index in [1.807, 2.05) is 0 Å². The van der Waals surface area contributed by atoms with Crippen LogP contribution in [0.2, 0.25) is 0 Å². The van der Waals surface area contributed by atoms with Crippen LogP contribution in [-0.2, 0) is 14.8 Å². The van der Waals surface area contributed by atoms with Gasteiger partial charge in [0.1, 0.15) is 5.76 Å². The van der Waals surface area contributed by atoms with Crippen molar-refractivity contribution in [1.82, 2.24) is 14.6 Å². The second kappa shape index (κ2) is 6.12. The van der Waals surface area contributed by atoms with Gasteiger partial charge in [-0.25, -0.2) is 17.7 Å². The first kappa shape index (κ1) is 15.9. The molecule has 2 atom stereocenters. The van der Waals surface area contributed by atoms with Gasteiger partial charge in [0.2, 0.25) is 10.0 Å². The number of oxazole rings is 1. The van der Waals surface area contributed by atoms with Crippen LogP contribution in [0, 0.1) is 12.8 Å². The molecule has 1 aliphatic rings. The number of ether oxygens (including phenoxy) is 1. The molecule has 1 aromatic rings. The Morgan fingerprint density at radius 2 is 2.19 bits per heavy atom. The quantitative estimate of drug-likeness (QED) is 0.794. The summed E-state index contributed by atoms with van der Waals surface area (Å²) >= 11 is 0. The Labute approximate surface area is 123 Å². The van der Waals surface area contributed by atoms with Crippen molar-refractivity contribution in [3.8, 4) is 0 Å². The van der Waals surface area contributed by atoms with Gasteiger partial charge in [-0.05, 0) is 6.92 Å². The molecule has 9 heteroatoms. The summed E-state index contributed by atoms with van der Waals surface area (Å²) in [5, 5.41) is 2.76. The summed E-state index contributed by atoms with van der Waals surface area (Å²) in [5.74, 6) is -0.315. The Morgan fingerprint density at radius 3 is 2.76 bits per heavy atom. The summed E-state index contributed by atoms with van der Waals surface area (Å²) in [6.07, 6.45) is 1.20. The van der Waals surface area contributed by atoms with Gasteiger partial charge < -0.3 is 14.5 Å². The third-order valence-corrected chi connectivity index (χ3v) is 5.42. The van der Waals surface area contributed by atoms with E-state index in [0.717, 1.165) is 0 Å². The second-order valence-corrected chi connectivity index (χ2v) is 7.42. The van der Waals surface area contributed by atoms with Gasteiger partial charge in [0.15, 0.2) is 12.1 Å². The lowest BCUT2D eigenvalue weighted by Crippen LogP contribution is -2.43. The molecule has 1 N–H and O–H groups in total. The van der Waals surface area contributed by atoms with Crippen LogP contribution in [0.15, 0.2) is 10.8 Å². The topological polar surface area (TPSA) is 102 Å². The summed E-state index contributed by atoms with van der Waals surface area (Å²) in [7, 11) is -0.377. The van der Waals surface area contributed by atoms with Crippen molar-refractivity contribution >= 4 is 15.9 Å². The maximum atomic E-state index is 12.1. The molecule has 118 valence electrons. The van der Waals surface area contributed by atoms with Crippen LogP contribution in [0.3, 0.4) is 0 Å². The fraction of sp³-hybridized carbons (Fsp3) is 0.667. The minimum atomic E-state index is -3.34. The molecule has 1 saturated heterocycles. The maximum absolute atomic E-state index is 12.1. The Balaban J connectivity index is 2.03. The number of sulfonamides is 1. The molecule has 1 aromatic heterocycles. The molecule has 2 heterocycles. The van der Waals surface area contributed by atoms with Gasteiger partial charge in [-0.1, -0.05) is 0 Å². The number of nitrogens with zero attached hydrogens (tertiary/aromatic N) is 2. The number of carbonyl (C=O) groups is 1. The zero-order chi connectivity index (χ0) is 15.6. The van der Waals surface area contributed by atoms with Gasteiger partial charge in [-0.2, -0.15) is 0 Å². The van der Waals surface area contributed by atoms with Crippen LogP contribution in [-0.4, -0.2) is 62.7 Å². The van der Waals surface area contributed by atoms with E-state index in [1.54, 1.807) is 6.92 Å². The van der Waals surface area contributed by atoms with E-state index >= 15 is 0 Å². The molecule has 1 aliphatic heterocycles. The molecule has 8 nitrogen and oxygen atoms in total. The van der Waals surface area contributed by atoms with Crippen molar-refractivity contribution in [2.75, 3.05) is 33.1 Å². The number of aryl methyl sites for hydroxylation is 1. The molecule has 21 heavy (non-hydrogen) atoms. The minimum absolute atomic E-state index is 0.0667. The average molecular weight is 317 g/mol. The highest BCUT2D eigenvalue weighted by Crippen LogP contribution is 2.18. The van der Waals surface area contributed by atoms with Crippen molar-refractivity contribution in [3.63, 3.8) is 0 Å². The third-order valence-electron chi connectivity index (χ3n) is 3.46. The van der Waals surface area contributed by atoms with Crippen LogP contribution in [0.5, 0.6) is 0 Å². The molecule has 1 amide bonds. The summed E-state index contributed by atoms with van der Waals surface area (Å²) in [4.78, 5) is 15.9. The van der Waals surface area contributed by atoms with Crippen LogP contribution in [0.1, 0.15) is 16.2 Å². The largest absolute Gasteiger partial charge is 0.448 e. The molecule has 0 spiro atoms. The number of hydrogen-bond acceptors (Lipinski definition) is 6. The fourth-order valence-electron chi connectivity index (χ4n) is 2.10. The first-order valence-electron chi connectivity index (χ1n) is 6.50. The van der Waals surface area contributed by atoms with Gasteiger partial charge in [0.05, 0.1) is 25.0 Å². The standard InChI is InChI=1S/C12H19N3O5S/c1-8-11(13-7-20-8)12(16)14-10-5-19-4-9(10)6-21(17,18)15(2)3/h7,9-10H,4-6H2,1-3H3,(H,14,16)/t9-,10+/m0/s1. The Morgan fingerprint density at radius 1 is 1.48 bits per heavy atom. The zero-order valence-corrected chi connectivity index (χ0v) is 13.0. The smallest absolute Gasteiger partial charge is 0.273 e. The van der Waals surface area contributed by atoms with Crippen LogP contribution < -0.4 is 5.32 Å². The lowest BCUT2D eigenvalue weighted by atomic mass is 10.1. The molecule has 0 aliphatic carbocycles. The minimum Gasteiger partial charge on any atom is -0.448 e. The highest BCUT2D eigenvalue weighted by atomic mass is 32.2. The summed E-state index contributed by atoms with van der Waals surface area (Å²) in [6, 6.07) is -0.358. The Hall–Kier alpha value is -1.45. The maximum Gasteiger partial charge on any atom is 0.273 e. The van der Waals surface area contributed by atoms with Crippen LogP contribution in [0.25, 0.3) is 0 Å². The van der Waals surface area contributed by atoms with Gasteiger partial charge in [0, 0.05) is 20.0 Å². The summed E-state index contributed by atoms with van der Waals surface area (Å²) in [5.41, 5.74) is 0.205. The van der Waals surface area contributed by atoms with Crippen molar-refractivity contribution in [1.29, 1.82) is 0 Å². The van der Waals surface area contributed by atoms with E-state index in [4.69, 9.17) is 9.15 Å². The van der Waals surface area contributed by atoms with Crippen LogP contribution >= 0.6 is 0 Å². The molecule has 0 saturated carbocycles. The van der Waals surface area contributed by atoms with Crippen molar-refractivity contribution in [2.24, 2.45) is 5.92 Å². The third kappa shape index (κ3) is 3.60. The van der Waals surface area contributed by atoms with E-state index in [-0.39, 0.29) is 35.9 Å². The van der Waals surface area contributed by atoms with E-state index in [9.17, 15) is 13.2 Å². The van der Waals surface area contributed by atoms with Gasteiger partial charge in [-0.3, -0.25) is 4.79 Å². The number of hydrogen-bond donors (Lipinski definition) is 1. The predicted octanol–water partition coefficient (Wildman–Crippen LogP) is -0.381. The van der Waals surface area contributed by atoms with Crippen molar-refractivity contribution < 1.29 is 22.4 Å². The molecule has 0 unspecified atom stereocenters. The van der Waals surface area contributed by atoms with E-state index < -0.39 is 10.0 Å². The lowest BCUT2D eigenvalue weighted by Gasteiger charge is -2.20. The molecule has 1 fully saturated rings. The predicted molar refractivity (Wildman–Crippen MR) is 74.3 cm³/mol. The summed E-state index contributed by atoms with van der Waals surface area (Å²) < 4.78 is 35.3. The lowest BCUT2D eigenvalue weighted by molar-refractivity contribution is 0.0920. The van der Waals surface area contributed by atoms with Gasteiger partial charge >= 0.3 is 0 Å². The van der Waals surface area contributed by atoms with E-state index in [2.05, 4.69) is 10.3 Å². The Kier molecular flexibility index (Phi) is 4.64. The molecule has 0 aromatic carbocycles. The first-order chi connectivity index (χ1) is 9.81. The average Bonchev–Trinajstić information content (AvgIpc) is 2.98. The molecular formula is C12H19N3O5S. The molecule has 0 bridgehead atoms. The first-order valence-corrected chi connectivity index (χ1v) is 8.11. The number of carbonyl (C=O) groups excluding carboxylic acids is 1. The Bertz CT molecular complexity index is 610. The normalized spacial score (nSPS) is 22.7.